The van der Waals surface area contributed by atoms with Gasteiger partial charge in [-0.2, -0.15) is 0 Å². The predicted molar refractivity (Wildman–Crippen MR) is 298 cm³/mol. The van der Waals surface area contributed by atoms with Gasteiger partial charge in [0.25, 0.3) is 5.91 Å². The molecule has 0 saturated carbocycles. The maximum Gasteiger partial charge on any atom is 0.328 e. The molecule has 21 nitrogen and oxygen atoms in total. The number of hydrogen-bond donors (Lipinski definition) is 8. The number of rotatable bonds is 48. The van der Waals surface area contributed by atoms with Crippen LogP contribution in [0.5, 0.6) is 0 Å². The zero-order valence-electron chi connectivity index (χ0n) is 47.8. The fourth-order valence-electron chi connectivity index (χ4n) is 9.35. The lowest BCUT2D eigenvalue weighted by molar-refractivity contribution is -0.286. The van der Waals surface area contributed by atoms with E-state index in [-0.39, 0.29) is 31.6 Å². The highest BCUT2D eigenvalue weighted by Crippen LogP contribution is 2.28. The number of benzene rings is 1. The summed E-state index contributed by atoms with van der Waals surface area (Å²) in [6, 6.07) is 5.78. The van der Waals surface area contributed by atoms with Gasteiger partial charge in [0.2, 0.25) is 17.7 Å². The van der Waals surface area contributed by atoms with E-state index in [9.17, 15) is 63.6 Å². The van der Waals surface area contributed by atoms with Crippen LogP contribution in [0.2, 0.25) is 0 Å². The highest BCUT2D eigenvalue weighted by atomic mass is 16.7. The van der Waals surface area contributed by atoms with Crippen molar-refractivity contribution in [1.29, 1.82) is 0 Å². The van der Waals surface area contributed by atoms with Crippen LogP contribution in [-0.2, 0) is 57.3 Å². The van der Waals surface area contributed by atoms with E-state index in [1.54, 1.807) is 24.3 Å². The molecule has 454 valence electrons. The smallest absolute Gasteiger partial charge is 0.328 e. The topological polar surface area (TPSA) is 320 Å². The molecule has 0 radical (unpaired) electrons. The summed E-state index contributed by atoms with van der Waals surface area (Å²) in [5.74, 6) is -8.02. The number of hydrogen-bond acceptors (Lipinski definition) is 14. The number of carboxylic acid groups (broad SMARTS) is 3. The summed E-state index contributed by atoms with van der Waals surface area (Å²) in [5, 5.41) is 51.3. The normalized spacial score (nSPS) is 17.2. The number of ether oxygens (including phenoxy) is 4. The van der Waals surface area contributed by atoms with Crippen LogP contribution < -0.4 is 21.3 Å². The number of carbonyl (C=O) groups excluding carboxylic acids is 6. The molecule has 0 unspecified atom stereocenters. The molecular formula is C59H96N4O17. The largest absolute Gasteiger partial charge is 0.481 e. The Bertz CT molecular complexity index is 1940. The zero-order valence-corrected chi connectivity index (χ0v) is 47.8. The Morgan fingerprint density at radius 3 is 1.57 bits per heavy atom. The molecule has 1 aromatic carbocycles. The van der Waals surface area contributed by atoms with Crippen molar-refractivity contribution >= 4 is 53.5 Å². The van der Waals surface area contributed by atoms with E-state index in [0.29, 0.717) is 37.8 Å². The standard InChI is InChI=1S/C59H96N4O17/c1-3-5-7-9-11-13-14-16-18-21-29-35-49(66)63-54-56(80-53(73)41-61-47(64)33-27-20-17-15-12-10-8-6-4-2)55(74)46(79-59(54)78-44(39-51(69)70)40-52(71)72)42-77-58(76)45(36-37-50(67)68)62-48(65)34-28-22-19-23-30-38-60-57(75)43-31-25-24-26-32-43/h24-26,31-32,44-46,54-56,59,74H,3-23,27-30,33-42H2,1-2H3,(H,60,75)(H,61,64)(H,62,65)(H,63,66)(H,67,68)(H,69,70)(H,71,72)/t45-,46-,54-,55-,56-,59+/m1/s1. The minimum Gasteiger partial charge on any atom is -0.481 e. The van der Waals surface area contributed by atoms with Crippen molar-refractivity contribution in [3.8, 4) is 0 Å². The van der Waals surface area contributed by atoms with E-state index < -0.39 is 123 Å². The lowest BCUT2D eigenvalue weighted by Crippen LogP contribution is -2.66. The van der Waals surface area contributed by atoms with E-state index in [1.165, 1.54) is 57.8 Å². The summed E-state index contributed by atoms with van der Waals surface area (Å²) < 4.78 is 23.3. The van der Waals surface area contributed by atoms with Crippen molar-refractivity contribution in [2.45, 2.75) is 262 Å². The van der Waals surface area contributed by atoms with E-state index in [1.807, 2.05) is 6.07 Å². The summed E-state index contributed by atoms with van der Waals surface area (Å²) in [6.07, 6.45) is 12.8. The first-order chi connectivity index (χ1) is 38.5. The van der Waals surface area contributed by atoms with Crippen LogP contribution in [0.1, 0.15) is 230 Å². The SMILES string of the molecule is CCCCCCCCCCCCCC(=O)N[C@H]1[C@@H](OC(CC(=O)O)CC(=O)O)O[C@H](COC(=O)[C@@H](CCC(=O)O)NC(=O)CCCCCCCNC(=O)c2ccccc2)[C@@H](O)[C@@H]1OC(=O)CNC(=O)CCCCCCCCCCC. The van der Waals surface area contributed by atoms with Gasteiger partial charge in [-0.15, -0.1) is 0 Å². The second-order valence-corrected chi connectivity index (χ2v) is 21.0. The molecule has 1 saturated heterocycles. The fourth-order valence-corrected chi connectivity index (χ4v) is 9.35. The lowest BCUT2D eigenvalue weighted by atomic mass is 9.95. The van der Waals surface area contributed by atoms with Crippen molar-refractivity contribution in [1.82, 2.24) is 21.3 Å². The maximum atomic E-state index is 13.7. The summed E-state index contributed by atoms with van der Waals surface area (Å²) in [6.45, 7) is 3.34. The van der Waals surface area contributed by atoms with Gasteiger partial charge >= 0.3 is 29.8 Å². The number of esters is 2. The number of nitrogens with one attached hydrogen (secondary N) is 4. The molecule has 8 N–H and O–H groups in total. The third-order valence-electron chi connectivity index (χ3n) is 13.9. The van der Waals surface area contributed by atoms with Gasteiger partial charge in [0.1, 0.15) is 37.4 Å². The van der Waals surface area contributed by atoms with Gasteiger partial charge in [-0.25, -0.2) is 4.79 Å². The van der Waals surface area contributed by atoms with Gasteiger partial charge in [-0.05, 0) is 44.2 Å². The van der Waals surface area contributed by atoms with Gasteiger partial charge in [0.15, 0.2) is 12.4 Å². The average Bonchev–Trinajstić information content (AvgIpc) is 3.53. The molecular weight excluding hydrogens is 1040 g/mol. The summed E-state index contributed by atoms with van der Waals surface area (Å²) >= 11 is 0. The van der Waals surface area contributed by atoms with Crippen molar-refractivity contribution < 1.29 is 82.5 Å². The number of amides is 4. The monoisotopic (exact) mass is 1130 g/mol. The number of unbranched alkanes of at least 4 members (excludes halogenated alkanes) is 22. The molecule has 1 aliphatic heterocycles. The summed E-state index contributed by atoms with van der Waals surface area (Å²) in [7, 11) is 0. The third kappa shape index (κ3) is 33.8. The summed E-state index contributed by atoms with van der Waals surface area (Å²) in [5.41, 5.74) is 0.565. The van der Waals surface area contributed by atoms with Crippen LogP contribution in [-0.4, -0.2) is 136 Å². The number of aliphatic hydroxyl groups excluding tert-OH is 1. The molecule has 2 rings (SSSR count). The zero-order chi connectivity index (χ0) is 58.8. The second-order valence-electron chi connectivity index (χ2n) is 21.0. The molecule has 0 spiro atoms. The predicted octanol–water partition coefficient (Wildman–Crippen LogP) is 8.21. The lowest BCUT2D eigenvalue weighted by Gasteiger charge is -2.44. The van der Waals surface area contributed by atoms with Crippen molar-refractivity contribution in [2.75, 3.05) is 19.7 Å². The molecule has 0 aliphatic carbocycles. The van der Waals surface area contributed by atoms with Crippen LogP contribution in [0.15, 0.2) is 30.3 Å². The Kier molecular flexibility index (Phi) is 38.8. The number of aliphatic carboxylic acids is 3. The molecule has 4 amide bonds. The van der Waals surface area contributed by atoms with Crippen molar-refractivity contribution in [3.05, 3.63) is 35.9 Å². The van der Waals surface area contributed by atoms with Crippen molar-refractivity contribution in [3.63, 3.8) is 0 Å². The minimum absolute atomic E-state index is 0.00195. The highest BCUT2D eigenvalue weighted by molar-refractivity contribution is 5.94. The Labute approximate surface area is 473 Å². The fraction of sp³-hybridized carbons (Fsp3) is 0.746. The molecule has 1 aromatic rings. The van der Waals surface area contributed by atoms with Gasteiger partial charge < -0.3 is 60.6 Å². The Hall–Kier alpha value is -5.67. The van der Waals surface area contributed by atoms with Crippen LogP contribution in [0.3, 0.4) is 0 Å². The first-order valence-corrected chi connectivity index (χ1v) is 29.7. The molecule has 1 heterocycles. The van der Waals surface area contributed by atoms with Crippen LogP contribution in [0, 0.1) is 0 Å². The molecule has 21 heteroatoms. The number of aliphatic hydroxyl groups is 1. The van der Waals surface area contributed by atoms with E-state index in [4.69, 9.17) is 18.9 Å². The molecule has 0 bridgehead atoms. The Morgan fingerprint density at radius 1 is 0.575 bits per heavy atom. The van der Waals surface area contributed by atoms with Crippen LogP contribution in [0.4, 0.5) is 0 Å². The van der Waals surface area contributed by atoms with Crippen molar-refractivity contribution in [2.24, 2.45) is 0 Å². The minimum atomic E-state index is -1.92. The van der Waals surface area contributed by atoms with E-state index >= 15 is 0 Å². The highest BCUT2D eigenvalue weighted by Gasteiger charge is 2.50. The van der Waals surface area contributed by atoms with Crippen LogP contribution >= 0.6 is 0 Å². The Balaban J connectivity index is 2.22. The molecule has 1 fully saturated rings. The second kappa shape index (κ2) is 44.0. The quantitative estimate of drug-likeness (QED) is 0.0225. The maximum absolute atomic E-state index is 13.7. The van der Waals surface area contributed by atoms with Gasteiger partial charge in [0, 0.05) is 37.8 Å². The first kappa shape index (κ1) is 70.4. The Morgan fingerprint density at radius 2 is 1.06 bits per heavy atom. The molecule has 1 aliphatic rings. The average molecular weight is 1130 g/mol. The van der Waals surface area contributed by atoms with E-state index in [0.717, 1.165) is 77.0 Å². The van der Waals surface area contributed by atoms with Gasteiger partial charge in [-0.1, -0.05) is 167 Å². The number of carbonyl (C=O) groups is 9. The molecule has 80 heavy (non-hydrogen) atoms. The first-order valence-electron chi connectivity index (χ1n) is 29.7. The third-order valence-corrected chi connectivity index (χ3v) is 13.9. The van der Waals surface area contributed by atoms with E-state index in [2.05, 4.69) is 35.1 Å². The molecule has 0 aromatic heterocycles. The molecule has 6 atom stereocenters. The van der Waals surface area contributed by atoms with Gasteiger partial charge in [0.05, 0.1) is 18.9 Å². The number of carboxylic acids is 3. The van der Waals surface area contributed by atoms with Gasteiger partial charge in [-0.3, -0.25) is 38.4 Å². The summed E-state index contributed by atoms with van der Waals surface area (Å²) in [4.78, 5) is 114. The van der Waals surface area contributed by atoms with Crippen LogP contribution in [0.25, 0.3) is 0 Å².